The zero-order valence-corrected chi connectivity index (χ0v) is 13.8. The summed E-state index contributed by atoms with van der Waals surface area (Å²) < 4.78 is 6.98. The number of fused-ring (bicyclic) bond motifs is 2. The number of hydrogen-bond donors (Lipinski definition) is 2. The summed E-state index contributed by atoms with van der Waals surface area (Å²) in [4.78, 5) is 24.1. The normalized spacial score (nSPS) is 11.1. The minimum Gasteiger partial charge on any atom is -0.465 e. The van der Waals surface area contributed by atoms with Gasteiger partial charge in [0, 0.05) is 5.56 Å². The molecule has 0 spiro atoms. The predicted octanol–water partition coefficient (Wildman–Crippen LogP) is 2.57. The molecule has 2 N–H and O–H groups in total. The molecule has 0 aliphatic rings. The van der Waals surface area contributed by atoms with Crippen molar-refractivity contribution < 1.29 is 9.53 Å². The Hall–Kier alpha value is -3.42. The van der Waals surface area contributed by atoms with Crippen LogP contribution in [0.15, 0.2) is 36.5 Å². The maximum Gasteiger partial charge on any atom is 0.294 e. The largest absolute Gasteiger partial charge is 0.465 e. The number of carbonyl (C=O) groups excluding carboxylic acids is 1. The highest BCUT2D eigenvalue weighted by molar-refractivity contribution is 6.05. The van der Waals surface area contributed by atoms with Gasteiger partial charge in [-0.15, -0.1) is 0 Å². The first-order chi connectivity index (χ1) is 12.1. The van der Waals surface area contributed by atoms with E-state index < -0.39 is 0 Å². The monoisotopic (exact) mass is 336 g/mol. The summed E-state index contributed by atoms with van der Waals surface area (Å²) >= 11 is 0. The number of rotatable bonds is 4. The highest BCUT2D eigenvalue weighted by atomic mass is 16.5. The second-order valence-electron chi connectivity index (χ2n) is 5.54. The lowest BCUT2D eigenvalue weighted by Crippen LogP contribution is -2.12. The Morgan fingerprint density at radius 3 is 3.00 bits per heavy atom. The van der Waals surface area contributed by atoms with E-state index in [1.807, 2.05) is 19.9 Å². The van der Waals surface area contributed by atoms with Gasteiger partial charge in [-0.05, 0) is 44.2 Å². The molecule has 4 rings (SSSR count). The van der Waals surface area contributed by atoms with E-state index >= 15 is 0 Å². The number of benzene rings is 1. The van der Waals surface area contributed by atoms with Crippen molar-refractivity contribution in [1.29, 1.82) is 0 Å². The number of aromatic nitrogens is 5. The van der Waals surface area contributed by atoms with Crippen LogP contribution in [-0.2, 0) is 0 Å². The fraction of sp³-hybridized carbons (Fsp3) is 0.176. The Kier molecular flexibility index (Phi) is 3.57. The van der Waals surface area contributed by atoms with Crippen molar-refractivity contribution in [2.45, 2.75) is 13.8 Å². The lowest BCUT2D eigenvalue weighted by Gasteiger charge is -2.05. The Morgan fingerprint density at radius 2 is 2.16 bits per heavy atom. The molecule has 0 bridgehead atoms. The summed E-state index contributed by atoms with van der Waals surface area (Å²) in [6.45, 7) is 4.23. The number of aryl methyl sites for hydroxylation is 1. The van der Waals surface area contributed by atoms with E-state index in [1.165, 1.54) is 0 Å². The van der Waals surface area contributed by atoms with Gasteiger partial charge in [0.2, 0.25) is 0 Å². The number of imidazole rings is 1. The summed E-state index contributed by atoms with van der Waals surface area (Å²) in [5.41, 5.74) is 3.40. The summed E-state index contributed by atoms with van der Waals surface area (Å²) in [6.07, 6.45) is 1.73. The van der Waals surface area contributed by atoms with Gasteiger partial charge < -0.3 is 15.0 Å². The van der Waals surface area contributed by atoms with Gasteiger partial charge in [-0.2, -0.15) is 10.1 Å². The number of pyridine rings is 1. The van der Waals surface area contributed by atoms with E-state index in [0.29, 0.717) is 29.7 Å². The van der Waals surface area contributed by atoms with E-state index in [-0.39, 0.29) is 5.91 Å². The zero-order chi connectivity index (χ0) is 17.4. The quantitative estimate of drug-likeness (QED) is 0.597. The molecule has 1 amide bonds. The van der Waals surface area contributed by atoms with Crippen molar-refractivity contribution in [2.24, 2.45) is 0 Å². The van der Waals surface area contributed by atoms with Crippen LogP contribution < -0.4 is 10.1 Å². The maximum absolute atomic E-state index is 12.5. The zero-order valence-electron chi connectivity index (χ0n) is 13.8. The van der Waals surface area contributed by atoms with Gasteiger partial charge in [-0.1, -0.05) is 0 Å². The van der Waals surface area contributed by atoms with Gasteiger partial charge in [0.25, 0.3) is 11.9 Å². The molecule has 0 fully saturated rings. The van der Waals surface area contributed by atoms with Gasteiger partial charge in [0.05, 0.1) is 29.5 Å². The van der Waals surface area contributed by atoms with Gasteiger partial charge in [0.1, 0.15) is 5.82 Å². The number of aromatic amines is 1. The SMILES string of the molecule is CCOc1nc2ccc(C(=O)Nc3ccc4nc(C)nn4c3)cc2[nH]1. The number of carbonyl (C=O) groups is 1. The van der Waals surface area contributed by atoms with Crippen molar-refractivity contribution in [3.8, 4) is 6.01 Å². The van der Waals surface area contributed by atoms with E-state index in [4.69, 9.17) is 4.74 Å². The standard InChI is InChI=1S/C17H16N6O2/c1-3-25-17-20-13-6-4-11(8-14(13)21-17)16(24)19-12-5-7-15-18-10(2)22-23(15)9-12/h4-9H,3H2,1-2H3,(H,19,24)(H,20,21). The van der Waals surface area contributed by atoms with Gasteiger partial charge >= 0.3 is 0 Å². The first-order valence-electron chi connectivity index (χ1n) is 7.89. The second-order valence-corrected chi connectivity index (χ2v) is 5.54. The molecular formula is C17H16N6O2. The minimum absolute atomic E-state index is 0.217. The average Bonchev–Trinajstić information content (AvgIpc) is 3.15. The van der Waals surface area contributed by atoms with Crippen LogP contribution in [0.3, 0.4) is 0 Å². The van der Waals surface area contributed by atoms with Crippen LogP contribution >= 0.6 is 0 Å². The van der Waals surface area contributed by atoms with Crippen LogP contribution in [-0.4, -0.2) is 37.1 Å². The smallest absolute Gasteiger partial charge is 0.294 e. The molecule has 0 saturated carbocycles. The van der Waals surface area contributed by atoms with Gasteiger partial charge in [0.15, 0.2) is 5.65 Å². The van der Waals surface area contributed by atoms with E-state index in [9.17, 15) is 4.79 Å². The summed E-state index contributed by atoms with van der Waals surface area (Å²) in [7, 11) is 0. The molecule has 1 aromatic carbocycles. The molecule has 0 saturated heterocycles. The van der Waals surface area contributed by atoms with Crippen molar-refractivity contribution >= 4 is 28.3 Å². The van der Waals surface area contributed by atoms with Gasteiger partial charge in [-0.3, -0.25) is 4.79 Å². The van der Waals surface area contributed by atoms with Crippen LogP contribution in [0.5, 0.6) is 6.01 Å². The summed E-state index contributed by atoms with van der Waals surface area (Å²) in [5, 5.41) is 7.11. The number of hydrogen-bond acceptors (Lipinski definition) is 5. The Bertz CT molecular complexity index is 1080. The molecule has 25 heavy (non-hydrogen) atoms. The first kappa shape index (κ1) is 15.1. The van der Waals surface area contributed by atoms with Crippen molar-refractivity contribution in [3.05, 3.63) is 47.9 Å². The number of amides is 1. The number of nitrogens with one attached hydrogen (secondary N) is 2. The Morgan fingerprint density at radius 1 is 1.28 bits per heavy atom. The molecule has 4 aromatic rings. The molecule has 0 atom stereocenters. The van der Waals surface area contributed by atoms with E-state index in [1.54, 1.807) is 35.0 Å². The molecule has 126 valence electrons. The molecular weight excluding hydrogens is 320 g/mol. The molecule has 8 nitrogen and oxygen atoms in total. The molecule has 0 unspecified atom stereocenters. The second kappa shape index (κ2) is 5.90. The summed E-state index contributed by atoms with van der Waals surface area (Å²) in [5.74, 6) is 0.462. The molecule has 8 heteroatoms. The van der Waals surface area contributed by atoms with Gasteiger partial charge in [-0.25, -0.2) is 9.50 Å². The molecule has 0 aliphatic carbocycles. The molecule has 3 aromatic heterocycles. The highest BCUT2D eigenvalue weighted by Crippen LogP contribution is 2.18. The number of ether oxygens (including phenoxy) is 1. The Balaban J connectivity index is 1.59. The number of anilines is 1. The third kappa shape index (κ3) is 2.89. The van der Waals surface area contributed by atoms with Crippen LogP contribution in [0.2, 0.25) is 0 Å². The average molecular weight is 336 g/mol. The third-order valence-corrected chi connectivity index (χ3v) is 3.70. The lowest BCUT2D eigenvalue weighted by molar-refractivity contribution is 0.102. The van der Waals surface area contributed by atoms with E-state index in [2.05, 4.69) is 25.4 Å². The number of nitrogens with zero attached hydrogens (tertiary/aromatic N) is 4. The minimum atomic E-state index is -0.217. The van der Waals surface area contributed by atoms with Crippen molar-refractivity contribution in [2.75, 3.05) is 11.9 Å². The predicted molar refractivity (Wildman–Crippen MR) is 92.9 cm³/mol. The van der Waals surface area contributed by atoms with Crippen LogP contribution in [0, 0.1) is 6.92 Å². The van der Waals surface area contributed by atoms with E-state index in [0.717, 1.165) is 16.7 Å². The first-order valence-corrected chi connectivity index (χ1v) is 7.89. The van der Waals surface area contributed by atoms with Crippen LogP contribution in [0.25, 0.3) is 16.7 Å². The molecule has 0 radical (unpaired) electrons. The van der Waals surface area contributed by atoms with Crippen molar-refractivity contribution in [3.63, 3.8) is 0 Å². The van der Waals surface area contributed by atoms with Crippen molar-refractivity contribution in [1.82, 2.24) is 24.6 Å². The van der Waals surface area contributed by atoms with Crippen LogP contribution in [0.4, 0.5) is 5.69 Å². The van der Waals surface area contributed by atoms with Crippen LogP contribution in [0.1, 0.15) is 23.1 Å². The highest BCUT2D eigenvalue weighted by Gasteiger charge is 2.11. The molecule has 0 aliphatic heterocycles. The number of H-pyrrole nitrogens is 1. The fourth-order valence-corrected chi connectivity index (χ4v) is 2.60. The summed E-state index contributed by atoms with van der Waals surface area (Å²) in [6, 6.07) is 9.31. The third-order valence-electron chi connectivity index (χ3n) is 3.70. The maximum atomic E-state index is 12.5. The fourth-order valence-electron chi connectivity index (χ4n) is 2.60. The molecule has 3 heterocycles. The topological polar surface area (TPSA) is 97.2 Å². The Labute approximate surface area is 142 Å². The lowest BCUT2D eigenvalue weighted by atomic mass is 10.2.